The van der Waals surface area contributed by atoms with E-state index in [2.05, 4.69) is 16.9 Å². The Morgan fingerprint density at radius 1 is 1.67 bits per heavy atom. The lowest BCUT2D eigenvalue weighted by Crippen LogP contribution is -2.24. The molecule has 2 N–H and O–H groups in total. The van der Waals surface area contributed by atoms with Gasteiger partial charge in [-0.3, -0.25) is 4.79 Å². The van der Waals surface area contributed by atoms with Crippen LogP contribution in [0.2, 0.25) is 0 Å². The Kier molecular flexibility index (Phi) is 3.94. The summed E-state index contributed by atoms with van der Waals surface area (Å²) in [6.45, 7) is 5.39. The Hall–Kier alpha value is -1.88. The van der Waals surface area contributed by atoms with Gasteiger partial charge >= 0.3 is 0 Å². The molecule has 0 bridgehead atoms. The monoisotopic (exact) mass is 247 g/mol. The van der Waals surface area contributed by atoms with Crippen LogP contribution in [0.1, 0.15) is 16.8 Å². The van der Waals surface area contributed by atoms with Crippen molar-refractivity contribution in [1.29, 1.82) is 0 Å². The van der Waals surface area contributed by atoms with Gasteiger partial charge in [0.1, 0.15) is 5.82 Å². The predicted molar refractivity (Wildman–Crippen MR) is 69.6 cm³/mol. The summed E-state index contributed by atoms with van der Waals surface area (Å²) < 4.78 is 0. The molecule has 1 aromatic rings. The molecule has 1 fully saturated rings. The van der Waals surface area contributed by atoms with Crippen LogP contribution in [-0.4, -0.2) is 41.7 Å². The van der Waals surface area contributed by atoms with Gasteiger partial charge in [-0.2, -0.15) is 0 Å². The van der Waals surface area contributed by atoms with Crippen molar-refractivity contribution in [3.63, 3.8) is 0 Å². The van der Waals surface area contributed by atoms with Crippen molar-refractivity contribution >= 4 is 11.7 Å². The predicted octanol–water partition coefficient (Wildman–Crippen LogP) is 0.568. The molecule has 2 rings (SSSR count). The molecule has 5 heteroatoms. The molecule has 2 heterocycles. The highest BCUT2D eigenvalue weighted by Gasteiger charge is 2.21. The molecular weight excluding hydrogens is 230 g/mol. The number of hydrogen-bond acceptors (Lipinski definition) is 4. The first-order chi connectivity index (χ1) is 8.70. The van der Waals surface area contributed by atoms with Gasteiger partial charge < -0.3 is 15.3 Å². The van der Waals surface area contributed by atoms with Gasteiger partial charge in [0.05, 0.1) is 11.7 Å². The second kappa shape index (κ2) is 5.64. The van der Waals surface area contributed by atoms with E-state index >= 15 is 0 Å². The zero-order chi connectivity index (χ0) is 13.0. The molecule has 96 valence electrons. The molecule has 1 aromatic heterocycles. The lowest BCUT2D eigenvalue weighted by Gasteiger charge is -2.16. The van der Waals surface area contributed by atoms with Crippen molar-refractivity contribution < 1.29 is 9.90 Å². The maximum absolute atomic E-state index is 11.6. The quantitative estimate of drug-likeness (QED) is 0.763. The number of β-amino-alcohol motifs (C(OH)–C–C–N with tert-alkyl or cyclic N) is 1. The molecule has 0 spiro atoms. The number of pyridine rings is 1. The summed E-state index contributed by atoms with van der Waals surface area (Å²) in [6.07, 6.45) is 3.68. The molecule has 18 heavy (non-hydrogen) atoms. The number of hydrogen-bond donors (Lipinski definition) is 2. The minimum absolute atomic E-state index is 0.157. The van der Waals surface area contributed by atoms with Crippen LogP contribution in [0.15, 0.2) is 31.0 Å². The maximum atomic E-state index is 11.6. The lowest BCUT2D eigenvalue weighted by atomic mass is 10.2. The number of aromatic nitrogens is 1. The molecule has 1 aliphatic heterocycles. The normalized spacial score (nSPS) is 18.7. The van der Waals surface area contributed by atoms with Gasteiger partial charge in [-0.15, -0.1) is 6.58 Å². The van der Waals surface area contributed by atoms with E-state index in [1.54, 1.807) is 24.4 Å². The first kappa shape index (κ1) is 12.6. The van der Waals surface area contributed by atoms with Crippen molar-refractivity contribution in [1.82, 2.24) is 10.3 Å². The third-order valence-electron chi connectivity index (χ3n) is 2.90. The zero-order valence-electron chi connectivity index (χ0n) is 10.2. The van der Waals surface area contributed by atoms with Gasteiger partial charge in [-0.05, 0) is 18.6 Å². The van der Waals surface area contributed by atoms with E-state index in [9.17, 15) is 9.90 Å². The summed E-state index contributed by atoms with van der Waals surface area (Å²) in [7, 11) is 0. The van der Waals surface area contributed by atoms with Crippen molar-refractivity contribution in [2.45, 2.75) is 12.5 Å². The van der Waals surface area contributed by atoms with Crippen LogP contribution in [0.5, 0.6) is 0 Å². The number of amides is 1. The second-order valence-electron chi connectivity index (χ2n) is 4.29. The molecule has 0 saturated carbocycles. The van der Waals surface area contributed by atoms with Gasteiger partial charge in [-0.1, -0.05) is 6.08 Å². The molecule has 1 saturated heterocycles. The average molecular weight is 247 g/mol. The maximum Gasteiger partial charge on any atom is 0.253 e. The molecule has 0 radical (unpaired) electrons. The topological polar surface area (TPSA) is 65.5 Å². The average Bonchev–Trinajstić information content (AvgIpc) is 2.83. The number of carbonyl (C=O) groups is 1. The van der Waals surface area contributed by atoms with Gasteiger partial charge in [-0.25, -0.2) is 4.98 Å². The molecule has 0 aliphatic carbocycles. The van der Waals surface area contributed by atoms with Crippen LogP contribution in [0.4, 0.5) is 5.82 Å². The number of carbonyl (C=O) groups excluding carboxylic acids is 1. The molecular formula is C13H17N3O2. The molecule has 0 aromatic carbocycles. The van der Waals surface area contributed by atoms with Crippen molar-refractivity contribution in [3.05, 3.63) is 36.5 Å². The van der Waals surface area contributed by atoms with Crippen LogP contribution < -0.4 is 10.2 Å². The Balaban J connectivity index is 2.01. The van der Waals surface area contributed by atoms with Crippen LogP contribution in [0, 0.1) is 0 Å². The summed E-state index contributed by atoms with van der Waals surface area (Å²) in [6, 6.07) is 3.55. The first-order valence-corrected chi connectivity index (χ1v) is 5.99. The van der Waals surface area contributed by atoms with Gasteiger partial charge in [0, 0.05) is 25.8 Å². The Morgan fingerprint density at radius 3 is 3.06 bits per heavy atom. The number of aliphatic hydroxyl groups excluding tert-OH is 1. The van der Waals surface area contributed by atoms with Crippen LogP contribution >= 0.6 is 0 Å². The molecule has 1 aliphatic rings. The minimum atomic E-state index is -0.276. The highest BCUT2D eigenvalue weighted by molar-refractivity contribution is 5.94. The Labute approximate surface area is 106 Å². The number of nitrogens with zero attached hydrogens (tertiary/aromatic N) is 2. The second-order valence-corrected chi connectivity index (χ2v) is 4.29. The fourth-order valence-electron chi connectivity index (χ4n) is 1.92. The summed E-state index contributed by atoms with van der Waals surface area (Å²) >= 11 is 0. The SMILES string of the molecule is C=CCNC(=O)c1ccc(N2CC[C@H](O)C2)nc1. The number of aliphatic hydroxyl groups is 1. The lowest BCUT2D eigenvalue weighted by molar-refractivity contribution is 0.0957. The number of nitrogens with one attached hydrogen (secondary N) is 1. The van der Waals surface area contributed by atoms with Crippen molar-refractivity contribution in [2.75, 3.05) is 24.5 Å². The fourth-order valence-corrected chi connectivity index (χ4v) is 1.92. The molecule has 1 atom stereocenters. The third kappa shape index (κ3) is 2.87. The first-order valence-electron chi connectivity index (χ1n) is 5.99. The third-order valence-corrected chi connectivity index (χ3v) is 2.90. The van der Waals surface area contributed by atoms with Gasteiger partial charge in [0.25, 0.3) is 5.91 Å². The smallest absolute Gasteiger partial charge is 0.253 e. The largest absolute Gasteiger partial charge is 0.391 e. The zero-order valence-corrected chi connectivity index (χ0v) is 10.2. The van der Waals surface area contributed by atoms with E-state index in [1.165, 1.54) is 0 Å². The summed E-state index contributed by atoms with van der Waals surface area (Å²) in [5, 5.41) is 12.2. The number of rotatable bonds is 4. The van der Waals surface area contributed by atoms with E-state index in [1.807, 2.05) is 4.90 Å². The van der Waals surface area contributed by atoms with Crippen LogP contribution in [-0.2, 0) is 0 Å². The van der Waals surface area contributed by atoms with Crippen LogP contribution in [0.3, 0.4) is 0 Å². The summed E-state index contributed by atoms with van der Waals surface area (Å²) in [4.78, 5) is 17.9. The number of anilines is 1. The van der Waals surface area contributed by atoms with E-state index in [-0.39, 0.29) is 12.0 Å². The van der Waals surface area contributed by atoms with E-state index in [0.717, 1.165) is 18.8 Å². The van der Waals surface area contributed by atoms with Crippen LogP contribution in [0.25, 0.3) is 0 Å². The van der Waals surface area contributed by atoms with Crippen molar-refractivity contribution in [2.24, 2.45) is 0 Å². The summed E-state index contributed by atoms with van der Waals surface area (Å²) in [5.41, 5.74) is 0.528. The Bertz CT molecular complexity index is 430. The molecule has 0 unspecified atom stereocenters. The Morgan fingerprint density at radius 2 is 2.50 bits per heavy atom. The van der Waals surface area contributed by atoms with Gasteiger partial charge in [0.2, 0.25) is 0 Å². The van der Waals surface area contributed by atoms with E-state index in [4.69, 9.17) is 0 Å². The molecule has 5 nitrogen and oxygen atoms in total. The van der Waals surface area contributed by atoms with E-state index < -0.39 is 0 Å². The van der Waals surface area contributed by atoms with Gasteiger partial charge in [0.15, 0.2) is 0 Å². The highest BCUT2D eigenvalue weighted by atomic mass is 16.3. The van der Waals surface area contributed by atoms with E-state index in [0.29, 0.717) is 18.7 Å². The van der Waals surface area contributed by atoms with Crippen molar-refractivity contribution in [3.8, 4) is 0 Å². The summed E-state index contributed by atoms with van der Waals surface area (Å²) in [5.74, 6) is 0.641. The minimum Gasteiger partial charge on any atom is -0.391 e. The fraction of sp³-hybridized carbons (Fsp3) is 0.385. The molecule has 1 amide bonds. The standard InChI is InChI=1S/C13H17N3O2/c1-2-6-14-13(18)10-3-4-12(15-8-10)16-7-5-11(17)9-16/h2-4,8,11,17H,1,5-7,9H2,(H,14,18)/t11-/m0/s1. The highest BCUT2D eigenvalue weighted by Crippen LogP contribution is 2.17.